The predicted octanol–water partition coefficient (Wildman–Crippen LogP) is 4.17. The van der Waals surface area contributed by atoms with E-state index < -0.39 is 0 Å². The Bertz CT molecular complexity index is 416. The van der Waals surface area contributed by atoms with Gasteiger partial charge in [-0.05, 0) is 47.0 Å². The Kier molecular flexibility index (Phi) is 4.46. The highest BCUT2D eigenvalue weighted by Crippen LogP contribution is 2.22. The van der Waals surface area contributed by atoms with E-state index >= 15 is 0 Å². The number of rotatable bonds is 2. The number of carbonyl (C=O) groups is 1. The summed E-state index contributed by atoms with van der Waals surface area (Å²) in [6.45, 7) is 0. The summed E-state index contributed by atoms with van der Waals surface area (Å²) < 4.78 is 0.787. The van der Waals surface area contributed by atoms with E-state index in [1.54, 1.807) is 18.2 Å². The second-order valence-corrected chi connectivity index (χ2v) is 5.72. The molecular weight excluding hydrogens is 302 g/mol. The molecule has 4 heteroatoms. The van der Waals surface area contributed by atoms with Crippen molar-refractivity contribution in [2.45, 2.75) is 38.1 Å². The summed E-state index contributed by atoms with van der Waals surface area (Å²) in [5.74, 6) is -0.0359. The monoisotopic (exact) mass is 315 g/mol. The van der Waals surface area contributed by atoms with Gasteiger partial charge in [0.1, 0.15) is 0 Å². The summed E-state index contributed by atoms with van der Waals surface area (Å²) in [5, 5.41) is 3.66. The lowest BCUT2D eigenvalue weighted by Crippen LogP contribution is -2.36. The van der Waals surface area contributed by atoms with Crippen molar-refractivity contribution >= 4 is 33.4 Å². The summed E-state index contributed by atoms with van der Waals surface area (Å²) in [6, 6.07) is 5.59. The molecule has 0 spiro atoms. The van der Waals surface area contributed by atoms with Crippen LogP contribution in [-0.2, 0) is 0 Å². The Morgan fingerprint density at radius 2 is 2.00 bits per heavy atom. The fourth-order valence-electron chi connectivity index (χ4n) is 2.18. The molecule has 1 amide bonds. The number of carbonyl (C=O) groups excluding carboxylic acids is 1. The Balaban J connectivity index is 2.05. The Morgan fingerprint density at radius 3 is 2.71 bits per heavy atom. The third-order valence-corrected chi connectivity index (χ3v) is 4.04. The number of amides is 1. The topological polar surface area (TPSA) is 29.1 Å². The van der Waals surface area contributed by atoms with Crippen LogP contribution in [0, 0.1) is 0 Å². The normalized spacial score (nSPS) is 16.8. The first-order valence-corrected chi connectivity index (χ1v) is 7.10. The zero-order chi connectivity index (χ0) is 12.3. The second-order valence-electron chi connectivity index (χ2n) is 4.43. The van der Waals surface area contributed by atoms with E-state index in [-0.39, 0.29) is 5.91 Å². The van der Waals surface area contributed by atoms with Gasteiger partial charge in [-0.25, -0.2) is 0 Å². The number of halogens is 2. The van der Waals surface area contributed by atoms with Gasteiger partial charge in [-0.15, -0.1) is 0 Å². The van der Waals surface area contributed by atoms with E-state index in [0.29, 0.717) is 16.6 Å². The highest BCUT2D eigenvalue weighted by atomic mass is 79.9. The largest absolute Gasteiger partial charge is 0.349 e. The van der Waals surface area contributed by atoms with Gasteiger partial charge in [-0.2, -0.15) is 0 Å². The predicted molar refractivity (Wildman–Crippen MR) is 73.5 cm³/mol. The molecule has 0 saturated heterocycles. The van der Waals surface area contributed by atoms with E-state index in [1.165, 1.54) is 19.3 Å². The molecule has 0 aromatic heterocycles. The first-order valence-electron chi connectivity index (χ1n) is 5.93. The Hall–Kier alpha value is -0.540. The summed E-state index contributed by atoms with van der Waals surface area (Å²) in [6.07, 6.45) is 5.88. The van der Waals surface area contributed by atoms with Gasteiger partial charge in [-0.1, -0.05) is 30.9 Å². The lowest BCUT2D eigenvalue weighted by molar-refractivity contribution is 0.0927. The molecule has 1 aliphatic carbocycles. The molecule has 1 saturated carbocycles. The third kappa shape index (κ3) is 3.46. The Morgan fingerprint density at radius 1 is 1.29 bits per heavy atom. The van der Waals surface area contributed by atoms with E-state index in [0.717, 1.165) is 17.3 Å². The van der Waals surface area contributed by atoms with Gasteiger partial charge in [0.2, 0.25) is 0 Å². The van der Waals surface area contributed by atoms with Crippen molar-refractivity contribution in [3.05, 3.63) is 33.3 Å². The van der Waals surface area contributed by atoms with Crippen LogP contribution in [0.2, 0.25) is 5.02 Å². The summed E-state index contributed by atoms with van der Waals surface area (Å²) in [4.78, 5) is 12.1. The molecule has 1 aromatic rings. The van der Waals surface area contributed by atoms with Gasteiger partial charge in [0.05, 0.1) is 5.56 Å². The number of hydrogen-bond donors (Lipinski definition) is 1. The lowest BCUT2D eigenvalue weighted by Gasteiger charge is -2.23. The van der Waals surface area contributed by atoms with Crippen LogP contribution in [0.4, 0.5) is 0 Å². The van der Waals surface area contributed by atoms with Gasteiger partial charge in [-0.3, -0.25) is 4.79 Å². The maximum atomic E-state index is 12.1. The number of benzene rings is 1. The third-order valence-electron chi connectivity index (χ3n) is 3.11. The van der Waals surface area contributed by atoms with Crippen LogP contribution in [0.5, 0.6) is 0 Å². The average Bonchev–Trinajstić information content (AvgIpc) is 2.33. The van der Waals surface area contributed by atoms with Crippen molar-refractivity contribution in [1.82, 2.24) is 5.32 Å². The molecule has 1 fully saturated rings. The van der Waals surface area contributed by atoms with Crippen molar-refractivity contribution in [1.29, 1.82) is 0 Å². The van der Waals surface area contributed by atoms with Crippen molar-refractivity contribution < 1.29 is 4.79 Å². The molecule has 2 nitrogen and oxygen atoms in total. The second kappa shape index (κ2) is 5.87. The molecule has 0 radical (unpaired) electrons. The SMILES string of the molecule is O=C(NC1CCCCC1)c1cc(Cl)ccc1Br. The van der Waals surface area contributed by atoms with E-state index in [4.69, 9.17) is 11.6 Å². The highest BCUT2D eigenvalue weighted by Gasteiger charge is 2.18. The quantitative estimate of drug-likeness (QED) is 0.872. The van der Waals surface area contributed by atoms with Gasteiger partial charge in [0.25, 0.3) is 5.91 Å². The first-order chi connectivity index (χ1) is 8.16. The van der Waals surface area contributed by atoms with Crippen LogP contribution in [0.3, 0.4) is 0 Å². The molecule has 1 aliphatic rings. The molecule has 2 rings (SSSR count). The van der Waals surface area contributed by atoms with Crippen LogP contribution in [0.15, 0.2) is 22.7 Å². The smallest absolute Gasteiger partial charge is 0.252 e. The zero-order valence-electron chi connectivity index (χ0n) is 9.51. The van der Waals surface area contributed by atoms with Crippen LogP contribution >= 0.6 is 27.5 Å². The van der Waals surface area contributed by atoms with Crippen LogP contribution in [-0.4, -0.2) is 11.9 Å². The molecule has 17 heavy (non-hydrogen) atoms. The minimum atomic E-state index is -0.0359. The molecule has 0 bridgehead atoms. The van der Waals surface area contributed by atoms with Crippen molar-refractivity contribution in [2.75, 3.05) is 0 Å². The lowest BCUT2D eigenvalue weighted by atomic mass is 9.95. The maximum absolute atomic E-state index is 12.1. The maximum Gasteiger partial charge on any atom is 0.252 e. The van der Waals surface area contributed by atoms with Gasteiger partial charge < -0.3 is 5.32 Å². The standard InChI is InChI=1S/C13H15BrClNO/c14-12-7-6-9(15)8-11(12)13(17)16-10-4-2-1-3-5-10/h6-8,10H,1-5H2,(H,16,17). The summed E-state index contributed by atoms with van der Waals surface area (Å²) in [7, 11) is 0. The van der Waals surface area contributed by atoms with Crippen molar-refractivity contribution in [3.8, 4) is 0 Å². The number of hydrogen-bond acceptors (Lipinski definition) is 1. The van der Waals surface area contributed by atoms with E-state index in [2.05, 4.69) is 21.2 Å². The Labute approximate surface area is 115 Å². The van der Waals surface area contributed by atoms with Crippen molar-refractivity contribution in [2.24, 2.45) is 0 Å². The van der Waals surface area contributed by atoms with Gasteiger partial charge in [0, 0.05) is 15.5 Å². The number of nitrogens with one attached hydrogen (secondary N) is 1. The van der Waals surface area contributed by atoms with Crippen LogP contribution < -0.4 is 5.32 Å². The molecule has 0 unspecified atom stereocenters. The summed E-state index contributed by atoms with van der Waals surface area (Å²) in [5.41, 5.74) is 0.614. The van der Waals surface area contributed by atoms with E-state index in [9.17, 15) is 4.79 Å². The molecule has 0 aliphatic heterocycles. The van der Waals surface area contributed by atoms with E-state index in [1.807, 2.05) is 0 Å². The highest BCUT2D eigenvalue weighted by molar-refractivity contribution is 9.10. The molecule has 0 atom stereocenters. The zero-order valence-corrected chi connectivity index (χ0v) is 11.9. The first kappa shape index (κ1) is 12.9. The molecule has 0 heterocycles. The van der Waals surface area contributed by atoms with Gasteiger partial charge in [0.15, 0.2) is 0 Å². The minimum Gasteiger partial charge on any atom is -0.349 e. The fraction of sp³-hybridized carbons (Fsp3) is 0.462. The van der Waals surface area contributed by atoms with Crippen LogP contribution in [0.25, 0.3) is 0 Å². The molecule has 1 aromatic carbocycles. The molecular formula is C13H15BrClNO. The van der Waals surface area contributed by atoms with Gasteiger partial charge >= 0.3 is 0 Å². The van der Waals surface area contributed by atoms with Crippen molar-refractivity contribution in [3.63, 3.8) is 0 Å². The van der Waals surface area contributed by atoms with Crippen LogP contribution in [0.1, 0.15) is 42.5 Å². The minimum absolute atomic E-state index is 0.0359. The molecule has 92 valence electrons. The summed E-state index contributed by atoms with van der Waals surface area (Å²) >= 11 is 9.28. The average molecular weight is 317 g/mol. The fourth-order valence-corrected chi connectivity index (χ4v) is 2.78. The molecule has 1 N–H and O–H groups in total.